The Balaban J connectivity index is 2.42. The highest BCUT2D eigenvalue weighted by Crippen LogP contribution is 2.26. The summed E-state index contributed by atoms with van der Waals surface area (Å²) in [4.78, 5) is 15.5. The van der Waals surface area contributed by atoms with Crippen molar-refractivity contribution in [2.24, 2.45) is 0 Å². The fraction of sp³-hybridized carbons (Fsp3) is 0.250. The number of aromatic nitrogens is 1. The van der Waals surface area contributed by atoms with Gasteiger partial charge in [-0.05, 0) is 43.5 Å². The molecule has 0 aliphatic rings. The third-order valence-corrected chi connectivity index (χ3v) is 3.03. The maximum Gasteiger partial charge on any atom is 0.130 e. The number of aryl methyl sites for hydroxylation is 2. The monoisotopic (exact) mass is 239 g/mol. The average molecular weight is 239 g/mol. The number of carbonyl (C=O) groups is 1. The van der Waals surface area contributed by atoms with Crippen LogP contribution in [0.4, 0.5) is 0 Å². The Morgan fingerprint density at radius 2 is 2.00 bits per heavy atom. The van der Waals surface area contributed by atoms with Gasteiger partial charge in [-0.25, -0.2) is 0 Å². The first-order valence-corrected chi connectivity index (χ1v) is 6.18. The minimum Gasteiger partial charge on any atom is -0.300 e. The summed E-state index contributed by atoms with van der Waals surface area (Å²) in [7, 11) is 0. The summed E-state index contributed by atoms with van der Waals surface area (Å²) in [6.45, 7) is 3.72. The second-order valence-corrected chi connectivity index (χ2v) is 4.53. The van der Waals surface area contributed by atoms with E-state index in [4.69, 9.17) is 0 Å². The zero-order valence-corrected chi connectivity index (χ0v) is 10.8. The Labute approximate surface area is 108 Å². The van der Waals surface area contributed by atoms with Crippen LogP contribution in [-0.4, -0.2) is 10.8 Å². The molecule has 0 unspecified atom stereocenters. The van der Waals surface area contributed by atoms with Crippen LogP contribution in [0.15, 0.2) is 42.6 Å². The maximum absolute atomic E-state index is 11.1. The average Bonchev–Trinajstić information content (AvgIpc) is 2.37. The number of hydrogen-bond acceptors (Lipinski definition) is 2. The van der Waals surface area contributed by atoms with Crippen LogP contribution in [0.2, 0.25) is 0 Å². The number of Topliss-reactive ketones (excluding diaryl/α,β-unsaturated/α-hetero) is 1. The SMILES string of the molecule is CC(=O)CCc1cccc(C)c1-c1ccccn1. The lowest BCUT2D eigenvalue weighted by molar-refractivity contribution is -0.116. The normalized spacial score (nSPS) is 10.3. The fourth-order valence-corrected chi connectivity index (χ4v) is 2.12. The Kier molecular flexibility index (Phi) is 3.88. The number of pyridine rings is 1. The zero-order valence-electron chi connectivity index (χ0n) is 10.8. The third kappa shape index (κ3) is 2.83. The van der Waals surface area contributed by atoms with Crippen LogP contribution in [0.5, 0.6) is 0 Å². The number of hydrogen-bond donors (Lipinski definition) is 0. The summed E-state index contributed by atoms with van der Waals surface area (Å²) < 4.78 is 0. The first-order valence-electron chi connectivity index (χ1n) is 6.18. The second-order valence-electron chi connectivity index (χ2n) is 4.53. The third-order valence-electron chi connectivity index (χ3n) is 3.03. The predicted octanol–water partition coefficient (Wildman–Crippen LogP) is 3.58. The van der Waals surface area contributed by atoms with E-state index in [9.17, 15) is 4.79 Å². The van der Waals surface area contributed by atoms with Gasteiger partial charge in [0.1, 0.15) is 5.78 Å². The summed E-state index contributed by atoms with van der Waals surface area (Å²) in [5.41, 5.74) is 4.55. The Morgan fingerprint density at radius 1 is 1.17 bits per heavy atom. The summed E-state index contributed by atoms with van der Waals surface area (Å²) in [6, 6.07) is 12.1. The molecular weight excluding hydrogens is 222 g/mol. The molecule has 0 fully saturated rings. The molecule has 92 valence electrons. The van der Waals surface area contributed by atoms with Crippen molar-refractivity contribution in [1.29, 1.82) is 0 Å². The molecule has 0 aliphatic carbocycles. The molecule has 0 N–H and O–H groups in total. The van der Waals surface area contributed by atoms with Crippen LogP contribution in [-0.2, 0) is 11.2 Å². The van der Waals surface area contributed by atoms with Gasteiger partial charge in [0, 0.05) is 18.2 Å². The van der Waals surface area contributed by atoms with Crippen LogP contribution < -0.4 is 0 Å². The van der Waals surface area contributed by atoms with Crippen molar-refractivity contribution in [3.63, 3.8) is 0 Å². The molecule has 0 amide bonds. The van der Waals surface area contributed by atoms with E-state index >= 15 is 0 Å². The second kappa shape index (κ2) is 5.58. The Hall–Kier alpha value is -1.96. The Bertz CT molecular complexity index is 546. The lowest BCUT2D eigenvalue weighted by atomic mass is 9.95. The van der Waals surface area contributed by atoms with Gasteiger partial charge in [-0.2, -0.15) is 0 Å². The van der Waals surface area contributed by atoms with Crippen molar-refractivity contribution in [3.05, 3.63) is 53.7 Å². The van der Waals surface area contributed by atoms with E-state index in [2.05, 4.69) is 24.0 Å². The standard InChI is InChI=1S/C16H17NO/c1-12-6-5-7-14(10-9-13(2)18)16(12)15-8-3-4-11-17-15/h3-8,11H,9-10H2,1-2H3. The van der Waals surface area contributed by atoms with Crippen LogP contribution in [0.3, 0.4) is 0 Å². The predicted molar refractivity (Wildman–Crippen MR) is 73.4 cm³/mol. The molecule has 0 saturated heterocycles. The smallest absolute Gasteiger partial charge is 0.130 e. The van der Waals surface area contributed by atoms with E-state index in [1.165, 1.54) is 16.7 Å². The lowest BCUT2D eigenvalue weighted by Crippen LogP contribution is -1.98. The molecule has 2 heteroatoms. The van der Waals surface area contributed by atoms with Gasteiger partial charge in [0.15, 0.2) is 0 Å². The van der Waals surface area contributed by atoms with E-state index in [0.717, 1.165) is 12.1 Å². The lowest BCUT2D eigenvalue weighted by Gasteiger charge is -2.11. The molecule has 0 saturated carbocycles. The van der Waals surface area contributed by atoms with Gasteiger partial charge in [-0.3, -0.25) is 4.98 Å². The molecule has 1 heterocycles. The van der Waals surface area contributed by atoms with E-state index in [-0.39, 0.29) is 5.78 Å². The van der Waals surface area contributed by atoms with E-state index in [0.29, 0.717) is 6.42 Å². The van der Waals surface area contributed by atoms with Crippen LogP contribution >= 0.6 is 0 Å². The van der Waals surface area contributed by atoms with Gasteiger partial charge < -0.3 is 4.79 Å². The van der Waals surface area contributed by atoms with E-state index in [1.807, 2.05) is 24.3 Å². The largest absolute Gasteiger partial charge is 0.300 e. The topological polar surface area (TPSA) is 30.0 Å². The maximum atomic E-state index is 11.1. The van der Waals surface area contributed by atoms with Crippen molar-refractivity contribution < 1.29 is 4.79 Å². The number of carbonyl (C=O) groups excluding carboxylic acids is 1. The van der Waals surface area contributed by atoms with Gasteiger partial charge in [0.05, 0.1) is 5.69 Å². The van der Waals surface area contributed by atoms with Crippen molar-refractivity contribution in [3.8, 4) is 11.3 Å². The van der Waals surface area contributed by atoms with Crippen LogP contribution in [0.1, 0.15) is 24.5 Å². The minimum absolute atomic E-state index is 0.225. The highest BCUT2D eigenvalue weighted by atomic mass is 16.1. The molecule has 0 aliphatic heterocycles. The molecule has 2 rings (SSSR count). The number of benzene rings is 1. The number of rotatable bonds is 4. The fourth-order valence-electron chi connectivity index (χ4n) is 2.12. The molecule has 1 aromatic carbocycles. The van der Waals surface area contributed by atoms with Gasteiger partial charge in [-0.1, -0.05) is 24.3 Å². The van der Waals surface area contributed by atoms with Crippen LogP contribution in [0, 0.1) is 6.92 Å². The Morgan fingerprint density at radius 3 is 2.67 bits per heavy atom. The van der Waals surface area contributed by atoms with E-state index in [1.54, 1.807) is 13.1 Å². The van der Waals surface area contributed by atoms with Crippen molar-refractivity contribution in [1.82, 2.24) is 4.98 Å². The molecule has 1 aromatic heterocycles. The molecule has 18 heavy (non-hydrogen) atoms. The minimum atomic E-state index is 0.225. The molecule has 2 aromatic rings. The molecule has 2 nitrogen and oxygen atoms in total. The number of nitrogens with zero attached hydrogens (tertiary/aromatic N) is 1. The quantitative estimate of drug-likeness (QED) is 0.816. The first-order chi connectivity index (χ1) is 8.68. The molecule has 0 bridgehead atoms. The number of ketones is 1. The molecule has 0 atom stereocenters. The highest BCUT2D eigenvalue weighted by molar-refractivity contribution is 5.76. The molecular formula is C16H17NO. The highest BCUT2D eigenvalue weighted by Gasteiger charge is 2.09. The molecule has 0 spiro atoms. The van der Waals surface area contributed by atoms with Crippen molar-refractivity contribution >= 4 is 5.78 Å². The van der Waals surface area contributed by atoms with E-state index < -0.39 is 0 Å². The van der Waals surface area contributed by atoms with Gasteiger partial charge >= 0.3 is 0 Å². The van der Waals surface area contributed by atoms with Crippen molar-refractivity contribution in [2.75, 3.05) is 0 Å². The van der Waals surface area contributed by atoms with Crippen LogP contribution in [0.25, 0.3) is 11.3 Å². The summed E-state index contributed by atoms with van der Waals surface area (Å²) in [6.07, 6.45) is 3.17. The van der Waals surface area contributed by atoms with Crippen molar-refractivity contribution in [2.45, 2.75) is 26.7 Å². The zero-order chi connectivity index (χ0) is 13.0. The van der Waals surface area contributed by atoms with Gasteiger partial charge in [-0.15, -0.1) is 0 Å². The van der Waals surface area contributed by atoms with Gasteiger partial charge in [0.2, 0.25) is 0 Å². The summed E-state index contributed by atoms with van der Waals surface area (Å²) >= 11 is 0. The summed E-state index contributed by atoms with van der Waals surface area (Å²) in [5.74, 6) is 0.225. The molecule has 0 radical (unpaired) electrons. The summed E-state index contributed by atoms with van der Waals surface area (Å²) in [5, 5.41) is 0. The first kappa shape index (κ1) is 12.5. The van der Waals surface area contributed by atoms with Gasteiger partial charge in [0.25, 0.3) is 0 Å².